The number of rotatable bonds is 4. The number of methoxy groups -OCH3 is 1. The molecule has 3 nitrogen and oxygen atoms in total. The van der Waals surface area contributed by atoms with Gasteiger partial charge in [0.2, 0.25) is 0 Å². The van der Waals surface area contributed by atoms with Crippen LogP contribution in [0.2, 0.25) is 0 Å². The van der Waals surface area contributed by atoms with E-state index in [1.165, 1.54) is 15.8 Å². The minimum absolute atomic E-state index is 0.429. The molecule has 2 aromatic rings. The van der Waals surface area contributed by atoms with Crippen molar-refractivity contribution in [3.05, 3.63) is 17.2 Å². The lowest BCUT2D eigenvalue weighted by molar-refractivity contribution is 0.408. The topological polar surface area (TPSA) is 34.2 Å². The number of hydrogen-bond donors (Lipinski definition) is 1. The molecular weight excluding hydrogens is 244 g/mol. The van der Waals surface area contributed by atoms with Crippen LogP contribution in [0.25, 0.3) is 10.2 Å². The molecule has 1 aromatic heterocycles. The molecule has 2 rings (SSSR count). The first kappa shape index (κ1) is 13.1. The van der Waals surface area contributed by atoms with Crippen molar-refractivity contribution in [1.82, 2.24) is 4.98 Å². The van der Waals surface area contributed by atoms with Gasteiger partial charge in [0.25, 0.3) is 0 Å². The van der Waals surface area contributed by atoms with Gasteiger partial charge in [-0.05, 0) is 31.4 Å². The summed E-state index contributed by atoms with van der Waals surface area (Å²) < 4.78 is 6.77. The van der Waals surface area contributed by atoms with Gasteiger partial charge in [-0.15, -0.1) is 0 Å². The van der Waals surface area contributed by atoms with E-state index in [1.807, 2.05) is 0 Å². The number of nitrogens with zero attached hydrogens (tertiary/aromatic N) is 1. The molecule has 0 radical (unpaired) electrons. The van der Waals surface area contributed by atoms with Gasteiger partial charge >= 0.3 is 0 Å². The zero-order chi connectivity index (χ0) is 13.3. The molecule has 0 spiro atoms. The molecule has 0 fully saturated rings. The van der Waals surface area contributed by atoms with Crippen molar-refractivity contribution in [2.45, 2.75) is 33.6 Å². The van der Waals surface area contributed by atoms with Crippen LogP contribution in [-0.4, -0.2) is 18.6 Å². The summed E-state index contributed by atoms with van der Waals surface area (Å²) in [5.41, 5.74) is 3.53. The molecule has 1 heterocycles. The van der Waals surface area contributed by atoms with Crippen LogP contribution in [0.3, 0.4) is 0 Å². The summed E-state index contributed by atoms with van der Waals surface area (Å²) in [5, 5.41) is 4.29. The molecule has 1 N–H and O–H groups in total. The van der Waals surface area contributed by atoms with E-state index in [0.29, 0.717) is 5.92 Å². The van der Waals surface area contributed by atoms with Crippen LogP contribution < -0.4 is 10.1 Å². The molecule has 0 bridgehead atoms. The summed E-state index contributed by atoms with van der Waals surface area (Å²) in [7, 11) is 1.73. The lowest BCUT2D eigenvalue weighted by Crippen LogP contribution is -1.96. The average Bonchev–Trinajstić information content (AvgIpc) is 2.72. The number of aryl methyl sites for hydroxylation is 1. The zero-order valence-corrected chi connectivity index (χ0v) is 12.4. The molecule has 0 aliphatic rings. The van der Waals surface area contributed by atoms with Crippen LogP contribution in [0.1, 0.15) is 37.8 Å². The summed E-state index contributed by atoms with van der Waals surface area (Å²) in [4.78, 5) is 4.67. The van der Waals surface area contributed by atoms with Gasteiger partial charge in [0.05, 0.1) is 17.3 Å². The van der Waals surface area contributed by atoms with Crippen molar-refractivity contribution in [2.24, 2.45) is 0 Å². The lowest BCUT2D eigenvalue weighted by Gasteiger charge is -2.13. The maximum atomic E-state index is 5.52. The van der Waals surface area contributed by atoms with Crippen molar-refractivity contribution in [2.75, 3.05) is 19.0 Å². The smallest absolute Gasteiger partial charge is 0.183 e. The molecule has 1 aromatic carbocycles. The second kappa shape index (κ2) is 5.14. The predicted octanol–water partition coefficient (Wildman–Crippen LogP) is 4.17. The first-order valence-electron chi connectivity index (χ1n) is 6.30. The Balaban J connectivity index is 2.72. The third-order valence-electron chi connectivity index (χ3n) is 2.98. The van der Waals surface area contributed by atoms with Gasteiger partial charge in [-0.25, -0.2) is 4.98 Å². The minimum Gasteiger partial charge on any atom is -0.496 e. The Hall–Kier alpha value is -1.29. The van der Waals surface area contributed by atoms with E-state index in [9.17, 15) is 0 Å². The third kappa shape index (κ3) is 2.17. The molecule has 4 heteroatoms. The Morgan fingerprint density at radius 2 is 2.17 bits per heavy atom. The van der Waals surface area contributed by atoms with Crippen molar-refractivity contribution in [3.63, 3.8) is 0 Å². The van der Waals surface area contributed by atoms with E-state index in [2.05, 4.69) is 44.1 Å². The van der Waals surface area contributed by atoms with Gasteiger partial charge in [-0.2, -0.15) is 0 Å². The summed E-state index contributed by atoms with van der Waals surface area (Å²) in [6.07, 6.45) is 0. The molecule has 0 saturated carbocycles. The highest BCUT2D eigenvalue weighted by Gasteiger charge is 2.17. The van der Waals surface area contributed by atoms with Crippen molar-refractivity contribution < 1.29 is 4.74 Å². The molecule has 18 heavy (non-hydrogen) atoms. The Bertz CT molecular complexity index is 560. The number of benzene rings is 1. The van der Waals surface area contributed by atoms with Crippen LogP contribution >= 0.6 is 11.3 Å². The number of anilines is 1. The molecule has 0 saturated heterocycles. The maximum Gasteiger partial charge on any atom is 0.183 e. The second-order valence-electron chi connectivity index (χ2n) is 4.69. The predicted molar refractivity (Wildman–Crippen MR) is 79.2 cm³/mol. The van der Waals surface area contributed by atoms with E-state index >= 15 is 0 Å². The van der Waals surface area contributed by atoms with Gasteiger partial charge in [0.1, 0.15) is 5.75 Å². The second-order valence-corrected chi connectivity index (χ2v) is 5.69. The Labute approximate surface area is 112 Å². The zero-order valence-electron chi connectivity index (χ0n) is 11.6. The van der Waals surface area contributed by atoms with Gasteiger partial charge < -0.3 is 10.1 Å². The highest BCUT2D eigenvalue weighted by Crippen LogP contribution is 2.40. The first-order chi connectivity index (χ1) is 8.58. The molecule has 0 atom stereocenters. The van der Waals surface area contributed by atoms with E-state index < -0.39 is 0 Å². The van der Waals surface area contributed by atoms with Crippen LogP contribution in [-0.2, 0) is 0 Å². The Morgan fingerprint density at radius 3 is 2.72 bits per heavy atom. The fraction of sp³-hybridized carbons (Fsp3) is 0.500. The van der Waals surface area contributed by atoms with Crippen LogP contribution in [0.5, 0.6) is 5.75 Å². The van der Waals surface area contributed by atoms with Crippen molar-refractivity contribution in [3.8, 4) is 5.75 Å². The third-order valence-corrected chi connectivity index (χ3v) is 4.03. The first-order valence-corrected chi connectivity index (χ1v) is 7.12. The Morgan fingerprint density at radius 1 is 1.44 bits per heavy atom. The van der Waals surface area contributed by atoms with E-state index in [4.69, 9.17) is 4.74 Å². The molecular formula is C14H20N2OS. The van der Waals surface area contributed by atoms with Gasteiger partial charge in [-0.3, -0.25) is 0 Å². The number of hydrogen-bond acceptors (Lipinski definition) is 4. The maximum absolute atomic E-state index is 5.52. The molecule has 0 aliphatic heterocycles. The SMILES string of the molecule is CCNc1nc2c(C)cc(OC)c(C(C)C)c2s1. The summed E-state index contributed by atoms with van der Waals surface area (Å²) in [5.74, 6) is 1.40. The fourth-order valence-corrected chi connectivity index (χ4v) is 3.46. The van der Waals surface area contributed by atoms with Crippen LogP contribution in [0.4, 0.5) is 5.13 Å². The number of nitrogens with one attached hydrogen (secondary N) is 1. The summed E-state index contributed by atoms with van der Waals surface area (Å²) >= 11 is 1.72. The van der Waals surface area contributed by atoms with Crippen LogP contribution in [0.15, 0.2) is 6.07 Å². The van der Waals surface area contributed by atoms with Crippen LogP contribution in [0, 0.1) is 6.92 Å². The molecule has 0 aliphatic carbocycles. The quantitative estimate of drug-likeness (QED) is 0.900. The number of fused-ring (bicyclic) bond motifs is 1. The molecule has 0 amide bonds. The van der Waals surface area contributed by atoms with Gasteiger partial charge in [0, 0.05) is 12.1 Å². The highest BCUT2D eigenvalue weighted by atomic mass is 32.1. The van der Waals surface area contributed by atoms with Gasteiger partial charge in [-0.1, -0.05) is 25.2 Å². The highest BCUT2D eigenvalue weighted by molar-refractivity contribution is 7.22. The number of ether oxygens (including phenoxy) is 1. The number of aromatic nitrogens is 1. The van der Waals surface area contributed by atoms with Crippen molar-refractivity contribution >= 4 is 26.7 Å². The molecule has 98 valence electrons. The van der Waals surface area contributed by atoms with Crippen molar-refractivity contribution in [1.29, 1.82) is 0 Å². The lowest BCUT2D eigenvalue weighted by atomic mass is 9.99. The number of thiazole rings is 1. The van der Waals surface area contributed by atoms with Gasteiger partial charge in [0.15, 0.2) is 5.13 Å². The largest absolute Gasteiger partial charge is 0.496 e. The summed E-state index contributed by atoms with van der Waals surface area (Å²) in [6, 6.07) is 2.09. The average molecular weight is 264 g/mol. The van der Waals surface area contributed by atoms with E-state index in [-0.39, 0.29) is 0 Å². The fourth-order valence-electron chi connectivity index (χ4n) is 2.17. The minimum atomic E-state index is 0.429. The Kier molecular flexibility index (Phi) is 3.76. The molecule has 0 unspecified atom stereocenters. The van der Waals surface area contributed by atoms with E-state index in [0.717, 1.165) is 22.9 Å². The summed E-state index contributed by atoms with van der Waals surface area (Å²) in [6.45, 7) is 9.46. The monoisotopic (exact) mass is 264 g/mol. The standard InChI is InChI=1S/C14H20N2OS/c1-6-15-14-16-12-9(4)7-10(17-5)11(8(2)3)13(12)18-14/h7-8H,6H2,1-5H3,(H,15,16). The van der Waals surface area contributed by atoms with E-state index in [1.54, 1.807) is 18.4 Å². The normalized spacial score (nSPS) is 11.2.